The van der Waals surface area contributed by atoms with Crippen LogP contribution in [0.25, 0.3) is 10.8 Å². The van der Waals surface area contributed by atoms with Crippen molar-refractivity contribution in [2.75, 3.05) is 7.05 Å². The summed E-state index contributed by atoms with van der Waals surface area (Å²) in [4.78, 5) is 10.4. The number of carbonyl (C=O) groups excluding carboxylic acids is 1. The molecule has 2 aromatic rings. The highest BCUT2D eigenvalue weighted by atomic mass is 32.2. The normalized spacial score (nSPS) is 11.7. The summed E-state index contributed by atoms with van der Waals surface area (Å²) >= 11 is 0. The molecule has 0 spiro atoms. The Morgan fingerprint density at radius 1 is 1.22 bits per heavy atom. The third kappa shape index (κ3) is 1.89. The summed E-state index contributed by atoms with van der Waals surface area (Å²) in [6.45, 7) is 0. The van der Waals surface area contributed by atoms with Gasteiger partial charge < -0.3 is 0 Å². The van der Waals surface area contributed by atoms with Crippen LogP contribution in [0.5, 0.6) is 0 Å². The van der Waals surface area contributed by atoms with E-state index in [9.17, 15) is 17.6 Å². The number of hydrogen-bond donors (Lipinski definition) is 1. The number of hydrogen-bond acceptors (Lipinski definition) is 3. The minimum atomic E-state index is -3.94. The zero-order valence-electron chi connectivity index (χ0n) is 9.48. The van der Waals surface area contributed by atoms with Crippen LogP contribution >= 0.6 is 0 Å². The first-order chi connectivity index (χ1) is 8.51. The molecule has 0 unspecified atom stereocenters. The van der Waals surface area contributed by atoms with Crippen molar-refractivity contribution in [1.82, 2.24) is 4.72 Å². The number of carbonyl (C=O) groups is 1. The van der Waals surface area contributed by atoms with Crippen molar-refractivity contribution in [2.45, 2.75) is 4.90 Å². The Bertz CT molecular complexity index is 725. The zero-order valence-corrected chi connectivity index (χ0v) is 10.3. The molecule has 0 bridgehead atoms. The van der Waals surface area contributed by atoms with E-state index in [1.807, 2.05) is 4.72 Å². The number of halogens is 1. The predicted octanol–water partition coefficient (Wildman–Crippen LogP) is 1.70. The van der Waals surface area contributed by atoms with Gasteiger partial charge in [-0.3, -0.25) is 4.79 Å². The maximum absolute atomic E-state index is 14.1. The molecule has 0 fully saturated rings. The molecule has 4 nitrogen and oxygen atoms in total. The number of aldehydes is 1. The van der Waals surface area contributed by atoms with E-state index in [2.05, 4.69) is 0 Å². The van der Waals surface area contributed by atoms with Crippen LogP contribution in [0.2, 0.25) is 0 Å². The van der Waals surface area contributed by atoms with E-state index in [1.54, 1.807) is 18.2 Å². The fourth-order valence-corrected chi connectivity index (χ4v) is 2.59. The largest absolute Gasteiger partial charge is 0.298 e. The third-order valence-corrected chi connectivity index (χ3v) is 4.08. The topological polar surface area (TPSA) is 63.2 Å². The Morgan fingerprint density at radius 3 is 2.39 bits per heavy atom. The number of benzene rings is 2. The van der Waals surface area contributed by atoms with Gasteiger partial charge in [-0.15, -0.1) is 0 Å². The first-order valence-electron chi connectivity index (χ1n) is 5.11. The molecule has 0 aliphatic carbocycles. The van der Waals surface area contributed by atoms with Gasteiger partial charge in [0.15, 0.2) is 12.1 Å². The van der Waals surface area contributed by atoms with Gasteiger partial charge in [0.1, 0.15) is 4.90 Å². The SMILES string of the molecule is CNS(=O)(=O)c1cc(C=O)c2ccccc2c1F. The summed E-state index contributed by atoms with van der Waals surface area (Å²) in [7, 11) is -2.75. The zero-order chi connectivity index (χ0) is 13.3. The van der Waals surface area contributed by atoms with Gasteiger partial charge in [0, 0.05) is 10.9 Å². The predicted molar refractivity (Wildman–Crippen MR) is 65.5 cm³/mol. The Hall–Kier alpha value is -1.79. The van der Waals surface area contributed by atoms with Crippen molar-refractivity contribution in [2.24, 2.45) is 0 Å². The smallest absolute Gasteiger partial charge is 0.243 e. The monoisotopic (exact) mass is 267 g/mol. The van der Waals surface area contributed by atoms with Crippen LogP contribution in [0.1, 0.15) is 10.4 Å². The van der Waals surface area contributed by atoms with Crippen LogP contribution < -0.4 is 4.72 Å². The number of sulfonamides is 1. The molecule has 94 valence electrons. The van der Waals surface area contributed by atoms with E-state index in [0.29, 0.717) is 11.7 Å². The van der Waals surface area contributed by atoms with Crippen molar-refractivity contribution in [3.63, 3.8) is 0 Å². The van der Waals surface area contributed by atoms with Crippen LogP contribution in [0.15, 0.2) is 35.2 Å². The van der Waals surface area contributed by atoms with Gasteiger partial charge in [0.2, 0.25) is 10.0 Å². The lowest BCUT2D eigenvalue weighted by Gasteiger charge is -2.09. The van der Waals surface area contributed by atoms with Crippen LogP contribution in [-0.4, -0.2) is 21.8 Å². The van der Waals surface area contributed by atoms with E-state index in [4.69, 9.17) is 0 Å². The van der Waals surface area contributed by atoms with Gasteiger partial charge in [-0.25, -0.2) is 17.5 Å². The molecule has 0 heterocycles. The number of nitrogens with one attached hydrogen (secondary N) is 1. The molecule has 6 heteroatoms. The maximum Gasteiger partial charge on any atom is 0.243 e. The summed E-state index contributed by atoms with van der Waals surface area (Å²) in [6.07, 6.45) is 0.510. The molecule has 2 aromatic carbocycles. The van der Waals surface area contributed by atoms with Crippen LogP contribution in [0.3, 0.4) is 0 Å². The fourth-order valence-electron chi connectivity index (χ4n) is 1.74. The highest BCUT2D eigenvalue weighted by Gasteiger charge is 2.21. The Morgan fingerprint density at radius 2 is 1.83 bits per heavy atom. The van der Waals surface area contributed by atoms with E-state index >= 15 is 0 Å². The van der Waals surface area contributed by atoms with Crippen molar-refractivity contribution in [1.29, 1.82) is 0 Å². The molecule has 0 amide bonds. The molecule has 2 rings (SSSR count). The summed E-state index contributed by atoms with van der Waals surface area (Å²) in [6, 6.07) is 7.28. The van der Waals surface area contributed by atoms with Gasteiger partial charge in [0.05, 0.1) is 0 Å². The number of fused-ring (bicyclic) bond motifs is 1. The summed E-state index contributed by atoms with van der Waals surface area (Å²) in [5.74, 6) is -0.856. The standard InChI is InChI=1S/C12H10FNO3S/c1-14-18(16,17)11-6-8(7-15)9-4-2-3-5-10(9)12(11)13/h2-7,14H,1H3. The highest BCUT2D eigenvalue weighted by Crippen LogP contribution is 2.26. The van der Waals surface area contributed by atoms with Crippen LogP contribution in [0, 0.1) is 5.82 Å². The molecule has 0 aliphatic heterocycles. The molecule has 0 aliphatic rings. The molecular formula is C12H10FNO3S. The van der Waals surface area contributed by atoms with Crippen molar-refractivity contribution in [3.8, 4) is 0 Å². The van der Waals surface area contributed by atoms with Gasteiger partial charge in [-0.1, -0.05) is 24.3 Å². The quantitative estimate of drug-likeness (QED) is 0.861. The Labute approximate surface area is 103 Å². The molecular weight excluding hydrogens is 257 g/mol. The lowest BCUT2D eigenvalue weighted by molar-refractivity contribution is 0.112. The first kappa shape index (κ1) is 12.7. The second-order valence-electron chi connectivity index (χ2n) is 3.65. The minimum Gasteiger partial charge on any atom is -0.298 e. The highest BCUT2D eigenvalue weighted by molar-refractivity contribution is 7.89. The second-order valence-corrected chi connectivity index (χ2v) is 5.50. The maximum atomic E-state index is 14.1. The molecule has 0 radical (unpaired) electrons. The van der Waals surface area contributed by atoms with Crippen LogP contribution in [0.4, 0.5) is 4.39 Å². The first-order valence-corrected chi connectivity index (χ1v) is 6.59. The molecule has 0 aromatic heterocycles. The average molecular weight is 267 g/mol. The van der Waals surface area contributed by atoms with Gasteiger partial charge in [-0.2, -0.15) is 0 Å². The second kappa shape index (κ2) is 4.47. The third-order valence-electron chi connectivity index (χ3n) is 2.66. The van der Waals surface area contributed by atoms with Gasteiger partial charge in [-0.05, 0) is 18.5 Å². The minimum absolute atomic E-state index is 0.107. The summed E-state index contributed by atoms with van der Waals surface area (Å²) in [5, 5.41) is 0.496. The average Bonchev–Trinajstić information content (AvgIpc) is 2.39. The van der Waals surface area contributed by atoms with E-state index < -0.39 is 20.7 Å². The molecule has 0 atom stereocenters. The van der Waals surface area contributed by atoms with Crippen molar-refractivity contribution in [3.05, 3.63) is 41.7 Å². The lowest BCUT2D eigenvalue weighted by Crippen LogP contribution is -2.20. The fraction of sp³-hybridized carbons (Fsp3) is 0.0833. The molecule has 0 saturated heterocycles. The molecule has 0 saturated carbocycles. The van der Waals surface area contributed by atoms with Crippen molar-refractivity contribution < 1.29 is 17.6 Å². The lowest BCUT2D eigenvalue weighted by atomic mass is 10.1. The van der Waals surface area contributed by atoms with E-state index in [0.717, 1.165) is 6.07 Å². The Balaban J connectivity index is 2.95. The number of rotatable bonds is 3. The van der Waals surface area contributed by atoms with Crippen molar-refractivity contribution >= 4 is 27.1 Å². The summed E-state index contributed by atoms with van der Waals surface area (Å²) in [5.41, 5.74) is 0.140. The molecule has 18 heavy (non-hydrogen) atoms. The van der Waals surface area contributed by atoms with E-state index in [-0.39, 0.29) is 10.9 Å². The van der Waals surface area contributed by atoms with Gasteiger partial charge in [0.25, 0.3) is 0 Å². The van der Waals surface area contributed by atoms with E-state index in [1.165, 1.54) is 13.1 Å². The van der Waals surface area contributed by atoms with Crippen LogP contribution in [-0.2, 0) is 10.0 Å². The molecule has 1 N–H and O–H groups in total. The Kier molecular flexibility index (Phi) is 3.14. The van der Waals surface area contributed by atoms with Gasteiger partial charge >= 0.3 is 0 Å². The summed E-state index contributed by atoms with van der Waals surface area (Å²) < 4.78 is 39.5.